The standard InChI is InChI=1S/5ClH.H3N.Pd/h5*1H;1H3;/p-4. The molecule has 0 aliphatic carbocycles. The summed E-state index contributed by atoms with van der Waals surface area (Å²) in [5.74, 6) is 0. The van der Waals surface area contributed by atoms with E-state index in [1.165, 1.54) is 0 Å². The predicted octanol–water partition coefficient (Wildman–Crippen LogP) is -14.6. The summed E-state index contributed by atoms with van der Waals surface area (Å²) < 4.78 is 0. The van der Waals surface area contributed by atoms with E-state index in [1.807, 2.05) is 0 Å². The van der Waals surface area contributed by atoms with Gasteiger partial charge in [-0.2, -0.15) is 0 Å². The van der Waals surface area contributed by atoms with Gasteiger partial charge in [0, 0.05) is 20.4 Å². The molecule has 58 valence electrons. The molecule has 7 heavy (non-hydrogen) atoms. The van der Waals surface area contributed by atoms with Crippen LogP contribution in [0.15, 0.2) is 0 Å². The molecule has 0 aromatic heterocycles. The summed E-state index contributed by atoms with van der Waals surface area (Å²) in [5.41, 5.74) is 0. The van der Waals surface area contributed by atoms with Crippen molar-refractivity contribution in [2.24, 2.45) is 0 Å². The average Bonchev–Trinajstić information content (AvgIpc) is 0. The van der Waals surface area contributed by atoms with Crippen molar-refractivity contribution in [2.45, 2.75) is 0 Å². The molecule has 0 aliphatic rings. The fraction of sp³-hybridized carbons (Fsp3) is 0. The molecule has 0 rings (SSSR count). The van der Waals surface area contributed by atoms with Crippen LogP contribution in [0, 0.1) is 0 Å². The first-order chi connectivity index (χ1) is 0. The zero-order valence-corrected chi connectivity index (χ0v) is 8.54. The molecule has 0 aromatic rings. The van der Waals surface area contributed by atoms with E-state index in [4.69, 9.17) is 0 Å². The van der Waals surface area contributed by atoms with Crippen molar-refractivity contribution >= 4 is 0 Å². The molecule has 0 saturated carbocycles. The van der Waals surface area contributed by atoms with Crippen LogP contribution in [0.3, 0.4) is 0 Å². The van der Waals surface area contributed by atoms with Crippen LogP contribution in [0.25, 0.3) is 0 Å². The molecule has 0 spiro atoms. The van der Waals surface area contributed by atoms with Gasteiger partial charge in [-0.25, -0.2) is 0 Å². The van der Waals surface area contributed by atoms with Crippen LogP contribution in [0.4, 0.5) is 0 Å². The summed E-state index contributed by atoms with van der Waals surface area (Å²) in [5, 5.41) is 0. The molecule has 0 saturated heterocycles. The Morgan fingerprint density at radius 2 is 0.429 bits per heavy atom. The molecule has 0 atom stereocenters. The number of rotatable bonds is 0. The smallest absolute Gasteiger partial charge is 0 e. The normalized spacial score (nSPS) is 0. The van der Waals surface area contributed by atoms with Crippen LogP contribution in [0.5, 0.6) is 0 Å². The van der Waals surface area contributed by atoms with Crippen molar-refractivity contribution in [3.05, 3.63) is 0 Å². The van der Waals surface area contributed by atoms with Crippen molar-refractivity contribution in [1.82, 2.24) is 6.15 Å². The fourth-order valence-electron chi connectivity index (χ4n) is 0. The molecule has 0 aromatic carbocycles. The van der Waals surface area contributed by atoms with Crippen molar-refractivity contribution in [3.63, 3.8) is 0 Å². The maximum atomic E-state index is 0. The minimum absolute atomic E-state index is 0. The molecule has 7 heteroatoms. The maximum absolute atomic E-state index is 0. The molecular weight excluding hydrogens is 298 g/mol. The van der Waals surface area contributed by atoms with Crippen LogP contribution in [-0.4, -0.2) is 0 Å². The second-order valence-corrected chi connectivity index (χ2v) is 0. The van der Waals surface area contributed by atoms with Gasteiger partial charge in [-0.15, -0.1) is 0 Å². The molecule has 4 N–H and O–H groups in total. The van der Waals surface area contributed by atoms with Gasteiger partial charge in [-0.05, 0) is 0 Å². The van der Waals surface area contributed by atoms with Crippen LogP contribution in [0.1, 0.15) is 0 Å². The predicted molar refractivity (Wildman–Crippen MR) is 5.98 cm³/mol. The Hall–Kier alpha value is 2.07. The quantitative estimate of drug-likeness (QED) is 0.432. The van der Waals surface area contributed by atoms with Gasteiger partial charge in [-0.3, -0.25) is 0 Å². The van der Waals surface area contributed by atoms with E-state index in [0.29, 0.717) is 0 Å². The molecule has 1 nitrogen and oxygen atoms in total. The monoisotopic (exact) mass is 299 g/mol. The number of quaternary nitrogens is 1. The first-order valence-corrected chi connectivity index (χ1v) is 0. The summed E-state index contributed by atoms with van der Waals surface area (Å²) in [7, 11) is 0. The van der Waals surface area contributed by atoms with Crippen molar-refractivity contribution < 1.29 is 82.5 Å². The topological polar surface area (TPSA) is 36.5 Å². The molecule has 0 radical (unpaired) electrons. The minimum Gasteiger partial charge on any atom is -1.00 e. The first kappa shape index (κ1) is 138. The molecule has 0 aliphatic heterocycles. The van der Waals surface area contributed by atoms with Crippen molar-refractivity contribution in [1.29, 1.82) is 0 Å². The van der Waals surface area contributed by atoms with E-state index in [1.54, 1.807) is 0 Å². The van der Waals surface area contributed by atoms with Crippen LogP contribution < -0.4 is 68.2 Å². The molecule has 0 amide bonds. The van der Waals surface area contributed by atoms with Gasteiger partial charge in [0.15, 0.2) is 0 Å². The number of hydrogen-bond acceptors (Lipinski definition) is 0. The zero-order chi connectivity index (χ0) is 0. The molecular formula is H4Cl5NPd-4. The van der Waals surface area contributed by atoms with Gasteiger partial charge in [0.05, 0.1) is 0 Å². The van der Waals surface area contributed by atoms with Gasteiger partial charge in [0.25, 0.3) is 0 Å². The second kappa shape index (κ2) is 94.0. The van der Waals surface area contributed by atoms with Crippen molar-refractivity contribution in [2.75, 3.05) is 0 Å². The molecule has 0 heterocycles. The summed E-state index contributed by atoms with van der Waals surface area (Å²) in [6, 6.07) is 0. The first-order valence-electron chi connectivity index (χ1n) is 0. The zero-order valence-electron chi connectivity index (χ0n) is 3.21. The van der Waals surface area contributed by atoms with E-state index in [2.05, 4.69) is 0 Å². The van der Waals surface area contributed by atoms with Crippen molar-refractivity contribution in [3.8, 4) is 0 Å². The van der Waals surface area contributed by atoms with Crippen LogP contribution in [-0.2, 0) is 20.4 Å². The SMILES string of the molecule is [Cl-].[Cl-].[Cl-].[Cl-].[Cl-].[NH4+].[Pd]. The largest absolute Gasteiger partial charge is 1.00 e. The molecule has 0 bridgehead atoms. The van der Waals surface area contributed by atoms with E-state index >= 15 is 0 Å². The van der Waals surface area contributed by atoms with Crippen LogP contribution >= 0.6 is 0 Å². The third-order valence-corrected chi connectivity index (χ3v) is 0. The Kier molecular flexibility index (Phi) is 1850. The third-order valence-electron chi connectivity index (χ3n) is 0. The third kappa shape index (κ3) is 69.3. The van der Waals surface area contributed by atoms with E-state index < -0.39 is 0 Å². The summed E-state index contributed by atoms with van der Waals surface area (Å²) in [4.78, 5) is 0. The Morgan fingerprint density at radius 1 is 0.429 bits per heavy atom. The number of hydrogen-bond donors (Lipinski definition) is 1. The Balaban J connectivity index is 0. The Bertz CT molecular complexity index is 8.04. The summed E-state index contributed by atoms with van der Waals surface area (Å²) in [6.45, 7) is 0. The van der Waals surface area contributed by atoms with E-state index in [9.17, 15) is 0 Å². The van der Waals surface area contributed by atoms with Gasteiger partial charge in [0.1, 0.15) is 0 Å². The fourth-order valence-corrected chi connectivity index (χ4v) is 0. The summed E-state index contributed by atoms with van der Waals surface area (Å²) >= 11 is 0. The minimum atomic E-state index is 0. The van der Waals surface area contributed by atoms with Gasteiger partial charge < -0.3 is 68.2 Å². The summed E-state index contributed by atoms with van der Waals surface area (Å²) in [6.07, 6.45) is 0. The Labute approximate surface area is 88.0 Å². The van der Waals surface area contributed by atoms with E-state index in [0.717, 1.165) is 0 Å². The molecule has 0 fully saturated rings. The molecule has 0 unspecified atom stereocenters. The van der Waals surface area contributed by atoms with Gasteiger partial charge in [-0.1, -0.05) is 0 Å². The number of halogens is 5. The van der Waals surface area contributed by atoms with Gasteiger partial charge >= 0.3 is 0 Å². The van der Waals surface area contributed by atoms with Gasteiger partial charge in [0.2, 0.25) is 0 Å². The maximum Gasteiger partial charge on any atom is 0 e. The second-order valence-electron chi connectivity index (χ2n) is 0. The van der Waals surface area contributed by atoms with E-state index in [-0.39, 0.29) is 88.6 Å². The van der Waals surface area contributed by atoms with Crippen LogP contribution in [0.2, 0.25) is 0 Å². The Morgan fingerprint density at radius 3 is 0.429 bits per heavy atom. The average molecular weight is 302 g/mol.